The number of nitrogens with one attached hydrogen (secondary N) is 2. The fourth-order valence-corrected chi connectivity index (χ4v) is 4.54. The monoisotopic (exact) mass is 413 g/mol. The number of anilines is 1. The molecule has 1 heterocycles. The summed E-state index contributed by atoms with van der Waals surface area (Å²) in [5.74, 6) is -0.195. The largest absolute Gasteiger partial charge is 0.354 e. The first kappa shape index (κ1) is 19.4. The van der Waals surface area contributed by atoms with Crippen LogP contribution in [0.15, 0.2) is 54.6 Å². The summed E-state index contributed by atoms with van der Waals surface area (Å²) < 4.78 is 15.7. The summed E-state index contributed by atoms with van der Waals surface area (Å²) in [7, 11) is 0. The van der Waals surface area contributed by atoms with Crippen LogP contribution in [0.2, 0.25) is 0 Å². The van der Waals surface area contributed by atoms with Gasteiger partial charge in [0.25, 0.3) is 0 Å². The van der Waals surface area contributed by atoms with Crippen molar-refractivity contribution in [1.29, 1.82) is 0 Å². The highest BCUT2D eigenvalue weighted by Crippen LogP contribution is 2.44. The van der Waals surface area contributed by atoms with Gasteiger partial charge >= 0.3 is 6.03 Å². The molecule has 1 aliphatic rings. The number of rotatable bonds is 5. The van der Waals surface area contributed by atoms with Crippen LogP contribution in [0.1, 0.15) is 36.5 Å². The van der Waals surface area contributed by atoms with Gasteiger partial charge in [-0.3, -0.25) is 0 Å². The lowest BCUT2D eigenvalue weighted by molar-refractivity contribution is 0.259. The van der Waals surface area contributed by atoms with E-state index in [1.165, 1.54) is 5.56 Å². The van der Waals surface area contributed by atoms with E-state index in [9.17, 15) is 4.79 Å². The second-order valence-electron chi connectivity index (χ2n) is 8.17. The molecule has 4 aromatic rings. The van der Waals surface area contributed by atoms with Crippen LogP contribution in [0.3, 0.4) is 0 Å². The number of nitrogens with two attached hydrogens (primary N) is 1. The van der Waals surface area contributed by atoms with Crippen molar-refractivity contribution in [1.82, 2.24) is 4.98 Å². The maximum atomic E-state index is 15.7. The molecule has 1 aromatic heterocycles. The smallest absolute Gasteiger partial charge is 0.316 e. The van der Waals surface area contributed by atoms with Crippen LogP contribution in [0.25, 0.3) is 33.3 Å². The van der Waals surface area contributed by atoms with Crippen molar-refractivity contribution in [2.75, 3.05) is 5.32 Å². The number of hydrogen-bond donors (Lipinski definition) is 3. The van der Waals surface area contributed by atoms with E-state index in [1.807, 2.05) is 36.4 Å². The molecule has 5 rings (SSSR count). The van der Waals surface area contributed by atoms with Gasteiger partial charge < -0.3 is 16.0 Å². The van der Waals surface area contributed by atoms with Gasteiger partial charge in [-0.2, -0.15) is 0 Å². The Morgan fingerprint density at radius 1 is 1.13 bits per heavy atom. The maximum Gasteiger partial charge on any atom is 0.316 e. The predicted molar refractivity (Wildman–Crippen MR) is 124 cm³/mol. The lowest BCUT2D eigenvalue weighted by Crippen LogP contribution is -2.19. The molecule has 0 radical (unpaired) electrons. The molecule has 0 fully saturated rings. The minimum atomic E-state index is -0.605. The second kappa shape index (κ2) is 7.58. The Labute approximate surface area is 180 Å². The zero-order valence-electron chi connectivity index (χ0n) is 17.4. The molecule has 3 aromatic carbocycles. The molecule has 0 saturated heterocycles. The molecule has 1 aliphatic carbocycles. The van der Waals surface area contributed by atoms with Crippen molar-refractivity contribution in [3.63, 3.8) is 0 Å². The number of halogens is 1. The molecule has 4 nitrogen and oxygen atoms in total. The van der Waals surface area contributed by atoms with Gasteiger partial charge in [0.05, 0.1) is 5.69 Å². The summed E-state index contributed by atoms with van der Waals surface area (Å²) in [6.45, 7) is 2.18. The first-order valence-corrected chi connectivity index (χ1v) is 10.7. The number of primary amides is 1. The Bertz CT molecular complexity index is 1300. The number of H-pyrrole nitrogens is 1. The molecule has 31 heavy (non-hydrogen) atoms. The van der Waals surface area contributed by atoms with E-state index in [1.54, 1.807) is 6.07 Å². The van der Waals surface area contributed by atoms with Crippen LogP contribution < -0.4 is 11.1 Å². The summed E-state index contributed by atoms with van der Waals surface area (Å²) in [6, 6.07) is 17.1. The molecule has 0 aliphatic heterocycles. The summed E-state index contributed by atoms with van der Waals surface area (Å²) in [6.07, 6.45) is 4.02. The van der Waals surface area contributed by atoms with Crippen molar-refractivity contribution < 1.29 is 9.18 Å². The number of aryl methyl sites for hydroxylation is 1. The third-order valence-corrected chi connectivity index (χ3v) is 6.10. The summed E-state index contributed by atoms with van der Waals surface area (Å²) in [5, 5.41) is 3.58. The van der Waals surface area contributed by atoms with E-state index < -0.39 is 6.03 Å². The lowest BCUT2D eigenvalue weighted by Gasteiger charge is -2.10. The molecular weight excluding hydrogens is 389 g/mol. The van der Waals surface area contributed by atoms with Crippen LogP contribution in [0.5, 0.6) is 0 Å². The highest BCUT2D eigenvalue weighted by Gasteiger charge is 2.28. The molecule has 2 amide bonds. The molecule has 5 heteroatoms. The van der Waals surface area contributed by atoms with Crippen LogP contribution in [-0.2, 0) is 12.8 Å². The van der Waals surface area contributed by atoms with Gasteiger partial charge in [-0.25, -0.2) is 9.18 Å². The summed E-state index contributed by atoms with van der Waals surface area (Å²) in [4.78, 5) is 14.6. The summed E-state index contributed by atoms with van der Waals surface area (Å²) in [5.41, 5.74) is 13.0. The Hall–Kier alpha value is -3.60. The number of amides is 2. The number of aromatic amines is 1. The van der Waals surface area contributed by atoms with E-state index in [-0.39, 0.29) is 5.82 Å². The first-order valence-electron chi connectivity index (χ1n) is 10.7. The van der Waals surface area contributed by atoms with Gasteiger partial charge in [0.15, 0.2) is 0 Å². The minimum Gasteiger partial charge on any atom is -0.354 e. The maximum absolute atomic E-state index is 15.7. The number of fused-ring (bicyclic) bond motifs is 5. The zero-order valence-corrected chi connectivity index (χ0v) is 17.4. The Morgan fingerprint density at radius 3 is 2.68 bits per heavy atom. The van der Waals surface area contributed by atoms with Gasteiger partial charge in [0.2, 0.25) is 0 Å². The molecule has 0 spiro atoms. The molecular formula is C26H24FN3O. The molecule has 0 saturated carbocycles. The van der Waals surface area contributed by atoms with E-state index in [0.29, 0.717) is 23.2 Å². The minimum absolute atomic E-state index is 0.195. The topological polar surface area (TPSA) is 70.9 Å². The van der Waals surface area contributed by atoms with Crippen molar-refractivity contribution in [3.8, 4) is 22.4 Å². The van der Waals surface area contributed by atoms with Crippen molar-refractivity contribution in [3.05, 3.63) is 77.1 Å². The number of benzene rings is 3. The fourth-order valence-electron chi connectivity index (χ4n) is 4.54. The van der Waals surface area contributed by atoms with Gasteiger partial charge in [0, 0.05) is 34.1 Å². The number of aromatic nitrogens is 1. The lowest BCUT2D eigenvalue weighted by atomic mass is 9.97. The highest BCUT2D eigenvalue weighted by molar-refractivity contribution is 5.98. The van der Waals surface area contributed by atoms with Gasteiger partial charge in [-0.15, -0.1) is 0 Å². The average molecular weight is 413 g/mol. The molecule has 0 unspecified atom stereocenters. The van der Waals surface area contributed by atoms with Crippen LogP contribution >= 0.6 is 0 Å². The molecule has 0 bridgehead atoms. The van der Waals surface area contributed by atoms with Gasteiger partial charge in [-0.05, 0) is 53.3 Å². The number of unbranched alkanes of at least 4 members (excludes halogenated alkanes) is 1. The van der Waals surface area contributed by atoms with E-state index >= 15 is 4.39 Å². The van der Waals surface area contributed by atoms with E-state index in [0.717, 1.165) is 52.5 Å². The SMILES string of the molecule is CCCCc1ccc(-c2ccc3c(c2F)-c2[nH]c4ccc(NC(N)=O)cc4c2C3)cc1. The highest BCUT2D eigenvalue weighted by atomic mass is 19.1. The first-order chi connectivity index (χ1) is 15.0. The van der Waals surface area contributed by atoms with Crippen molar-refractivity contribution in [2.24, 2.45) is 5.73 Å². The van der Waals surface area contributed by atoms with E-state index in [4.69, 9.17) is 5.73 Å². The number of carbonyl (C=O) groups excluding carboxylic acids is 1. The van der Waals surface area contributed by atoms with E-state index in [2.05, 4.69) is 29.4 Å². The number of carbonyl (C=O) groups is 1. The average Bonchev–Trinajstić information content (AvgIpc) is 3.29. The Balaban J connectivity index is 1.55. The van der Waals surface area contributed by atoms with Gasteiger partial charge in [0.1, 0.15) is 5.82 Å². The Morgan fingerprint density at radius 2 is 1.94 bits per heavy atom. The van der Waals surface area contributed by atoms with Crippen LogP contribution in [0.4, 0.5) is 14.9 Å². The molecule has 156 valence electrons. The molecule has 0 atom stereocenters. The second-order valence-corrected chi connectivity index (χ2v) is 8.17. The van der Waals surface area contributed by atoms with Crippen LogP contribution in [-0.4, -0.2) is 11.0 Å². The standard InChI is InChI=1S/C26H24FN3O/c1-2-3-4-15-5-7-16(8-6-15)19-11-9-17-13-21-20-14-18(29-26(28)31)10-12-22(20)30-25(21)23(17)24(19)27/h5-12,14,30H,2-4,13H2,1H3,(H3,28,29,31). The summed E-state index contributed by atoms with van der Waals surface area (Å²) >= 11 is 0. The normalized spacial score (nSPS) is 12.1. The number of urea groups is 1. The quantitative estimate of drug-likeness (QED) is 0.307. The van der Waals surface area contributed by atoms with Crippen molar-refractivity contribution >= 4 is 22.6 Å². The Kier molecular flexibility index (Phi) is 4.74. The number of hydrogen-bond acceptors (Lipinski definition) is 1. The fraction of sp³-hybridized carbons (Fsp3) is 0.192. The van der Waals surface area contributed by atoms with Crippen molar-refractivity contribution in [2.45, 2.75) is 32.6 Å². The molecule has 4 N–H and O–H groups in total. The third kappa shape index (κ3) is 3.36. The van der Waals surface area contributed by atoms with Gasteiger partial charge in [-0.1, -0.05) is 49.7 Å². The zero-order chi connectivity index (χ0) is 21.5. The van der Waals surface area contributed by atoms with Crippen LogP contribution in [0, 0.1) is 5.82 Å². The predicted octanol–water partition coefficient (Wildman–Crippen LogP) is 6.38. The third-order valence-electron chi connectivity index (χ3n) is 6.10.